The molecule has 4 nitrogen and oxygen atoms in total. The van der Waals surface area contributed by atoms with Gasteiger partial charge < -0.3 is 14.9 Å². The van der Waals surface area contributed by atoms with Crippen LogP contribution in [0.3, 0.4) is 0 Å². The Morgan fingerprint density at radius 3 is 2.50 bits per heavy atom. The third kappa shape index (κ3) is 1.39. The summed E-state index contributed by atoms with van der Waals surface area (Å²) in [4.78, 5) is 4.40. The van der Waals surface area contributed by atoms with Crippen molar-refractivity contribution in [2.45, 2.75) is 38.1 Å². The van der Waals surface area contributed by atoms with Crippen LogP contribution in [0.25, 0.3) is 0 Å². The molecule has 1 saturated carbocycles. The molecule has 0 bridgehead atoms. The van der Waals surface area contributed by atoms with Gasteiger partial charge in [-0.05, 0) is 12.8 Å². The minimum atomic E-state index is -0.319. The zero-order valence-corrected chi connectivity index (χ0v) is 8.83. The average Bonchev–Trinajstić information content (AvgIpc) is 2.74. The maximum absolute atomic E-state index is 5.99. The highest BCUT2D eigenvalue weighted by molar-refractivity contribution is 5.24. The summed E-state index contributed by atoms with van der Waals surface area (Å²) < 4.78 is 10.6. The molecular weight excluding hydrogens is 180 g/mol. The number of methoxy groups -OCH3 is 1. The minimum Gasteiger partial charge on any atom is -0.467 e. The minimum absolute atomic E-state index is 0.296. The molecule has 1 aliphatic rings. The van der Waals surface area contributed by atoms with E-state index in [1.165, 1.54) is 0 Å². The van der Waals surface area contributed by atoms with Crippen molar-refractivity contribution in [1.82, 2.24) is 4.98 Å². The lowest BCUT2D eigenvalue weighted by Crippen LogP contribution is -2.19. The first-order chi connectivity index (χ1) is 6.57. The van der Waals surface area contributed by atoms with Gasteiger partial charge in [-0.1, -0.05) is 13.8 Å². The smallest absolute Gasteiger partial charge is 0.308 e. The van der Waals surface area contributed by atoms with Crippen molar-refractivity contribution in [3.63, 3.8) is 0 Å². The van der Waals surface area contributed by atoms with Crippen molar-refractivity contribution in [3.05, 3.63) is 11.6 Å². The van der Waals surface area contributed by atoms with Crippen LogP contribution in [0.15, 0.2) is 4.42 Å². The van der Waals surface area contributed by atoms with Gasteiger partial charge in [0.1, 0.15) is 5.69 Å². The predicted molar refractivity (Wildman–Crippen MR) is 52.2 cm³/mol. The number of aromatic nitrogens is 1. The van der Waals surface area contributed by atoms with E-state index in [1.54, 1.807) is 7.11 Å². The Morgan fingerprint density at radius 2 is 2.14 bits per heavy atom. The number of rotatable bonds is 3. The highest BCUT2D eigenvalue weighted by Crippen LogP contribution is 2.44. The van der Waals surface area contributed by atoms with Crippen LogP contribution in [-0.4, -0.2) is 12.1 Å². The molecule has 1 aromatic heterocycles. The van der Waals surface area contributed by atoms with Crippen molar-refractivity contribution in [2.24, 2.45) is 5.73 Å². The molecule has 0 saturated heterocycles. The van der Waals surface area contributed by atoms with Crippen molar-refractivity contribution in [1.29, 1.82) is 0 Å². The second kappa shape index (κ2) is 2.98. The highest BCUT2D eigenvalue weighted by Gasteiger charge is 2.45. The molecule has 0 atom stereocenters. The van der Waals surface area contributed by atoms with Crippen molar-refractivity contribution >= 4 is 0 Å². The van der Waals surface area contributed by atoms with E-state index in [2.05, 4.69) is 18.8 Å². The molecule has 0 amide bonds. The highest BCUT2D eigenvalue weighted by atomic mass is 16.6. The Kier molecular flexibility index (Phi) is 2.03. The molecule has 0 radical (unpaired) electrons. The third-order valence-electron chi connectivity index (χ3n) is 2.57. The fourth-order valence-corrected chi connectivity index (χ4v) is 1.39. The zero-order chi connectivity index (χ0) is 10.3. The van der Waals surface area contributed by atoms with Gasteiger partial charge in [0, 0.05) is 5.92 Å². The summed E-state index contributed by atoms with van der Waals surface area (Å²) in [6.45, 7) is 4.11. The summed E-state index contributed by atoms with van der Waals surface area (Å²) >= 11 is 0. The SMILES string of the molecule is COc1oc(C2(N)CC2)nc1C(C)C. The lowest BCUT2D eigenvalue weighted by Gasteiger charge is -2.00. The first-order valence-corrected chi connectivity index (χ1v) is 4.91. The fourth-order valence-electron chi connectivity index (χ4n) is 1.39. The second-order valence-corrected chi connectivity index (χ2v) is 4.21. The van der Waals surface area contributed by atoms with E-state index < -0.39 is 0 Å². The van der Waals surface area contributed by atoms with E-state index in [-0.39, 0.29) is 5.54 Å². The Hall–Kier alpha value is -1.03. The maximum Gasteiger partial charge on any atom is 0.308 e. The number of nitrogens with two attached hydrogens (primary N) is 1. The molecule has 0 aromatic carbocycles. The lowest BCUT2D eigenvalue weighted by molar-refractivity contribution is 0.280. The van der Waals surface area contributed by atoms with Crippen LogP contribution < -0.4 is 10.5 Å². The van der Waals surface area contributed by atoms with E-state index >= 15 is 0 Å². The molecule has 4 heteroatoms. The molecule has 1 fully saturated rings. The molecule has 0 aliphatic heterocycles. The fraction of sp³-hybridized carbons (Fsp3) is 0.700. The van der Waals surface area contributed by atoms with Gasteiger partial charge in [-0.2, -0.15) is 0 Å². The molecule has 0 spiro atoms. The summed E-state index contributed by atoms with van der Waals surface area (Å²) in [6.07, 6.45) is 1.91. The van der Waals surface area contributed by atoms with E-state index in [1.807, 2.05) is 0 Å². The lowest BCUT2D eigenvalue weighted by atomic mass is 10.1. The van der Waals surface area contributed by atoms with Gasteiger partial charge in [-0.25, -0.2) is 4.98 Å². The molecule has 2 N–H and O–H groups in total. The molecule has 0 unspecified atom stereocenters. The molecule has 14 heavy (non-hydrogen) atoms. The second-order valence-electron chi connectivity index (χ2n) is 4.21. The first-order valence-electron chi connectivity index (χ1n) is 4.91. The maximum atomic E-state index is 5.99. The van der Waals surface area contributed by atoms with Crippen LogP contribution >= 0.6 is 0 Å². The molecule has 1 aliphatic carbocycles. The van der Waals surface area contributed by atoms with Gasteiger partial charge in [-0.15, -0.1) is 0 Å². The largest absolute Gasteiger partial charge is 0.467 e. The number of oxazole rings is 1. The van der Waals surface area contributed by atoms with Crippen LogP contribution in [0.2, 0.25) is 0 Å². The monoisotopic (exact) mass is 196 g/mol. The summed E-state index contributed by atoms with van der Waals surface area (Å²) in [5, 5.41) is 0. The van der Waals surface area contributed by atoms with E-state index in [0.717, 1.165) is 18.5 Å². The van der Waals surface area contributed by atoms with E-state index in [9.17, 15) is 0 Å². The summed E-state index contributed by atoms with van der Waals surface area (Å²) in [5.41, 5.74) is 6.53. The van der Waals surface area contributed by atoms with Crippen molar-refractivity contribution in [3.8, 4) is 5.95 Å². The van der Waals surface area contributed by atoms with Crippen LogP contribution in [0.4, 0.5) is 0 Å². The van der Waals surface area contributed by atoms with Gasteiger partial charge in [0.2, 0.25) is 5.89 Å². The molecule has 2 rings (SSSR count). The normalized spacial score (nSPS) is 18.6. The number of ether oxygens (including phenoxy) is 1. The van der Waals surface area contributed by atoms with Crippen LogP contribution in [0.1, 0.15) is 44.2 Å². The predicted octanol–water partition coefficient (Wildman–Crippen LogP) is 1.75. The van der Waals surface area contributed by atoms with Gasteiger partial charge in [-0.3, -0.25) is 0 Å². The molecule has 78 valence electrons. The Bertz CT molecular complexity index is 340. The van der Waals surface area contributed by atoms with Gasteiger partial charge in [0.05, 0.1) is 12.6 Å². The van der Waals surface area contributed by atoms with Crippen LogP contribution in [0.5, 0.6) is 5.95 Å². The van der Waals surface area contributed by atoms with E-state index in [0.29, 0.717) is 17.8 Å². The van der Waals surface area contributed by atoms with Gasteiger partial charge >= 0.3 is 5.95 Å². The standard InChI is InChI=1S/C10H16N2O2/c1-6(2)7-8(13-3)14-9(12-7)10(11)4-5-10/h6H,4-5,11H2,1-3H3. The number of hydrogen-bond acceptors (Lipinski definition) is 4. The first kappa shape index (κ1) is 9.52. The molecule has 1 aromatic rings. The van der Waals surface area contributed by atoms with Crippen LogP contribution in [-0.2, 0) is 5.54 Å². The van der Waals surface area contributed by atoms with E-state index in [4.69, 9.17) is 14.9 Å². The number of nitrogens with zero attached hydrogens (tertiary/aromatic N) is 1. The van der Waals surface area contributed by atoms with Gasteiger partial charge in [0.15, 0.2) is 0 Å². The van der Waals surface area contributed by atoms with Crippen LogP contribution in [0, 0.1) is 0 Å². The molecule has 1 heterocycles. The Labute approximate surface area is 83.4 Å². The van der Waals surface area contributed by atoms with Crippen molar-refractivity contribution in [2.75, 3.05) is 7.11 Å². The molecular formula is C10H16N2O2. The summed E-state index contributed by atoms with van der Waals surface area (Å²) in [5.74, 6) is 1.43. The number of hydrogen-bond donors (Lipinski definition) is 1. The summed E-state index contributed by atoms with van der Waals surface area (Å²) in [6, 6.07) is 0. The topological polar surface area (TPSA) is 61.3 Å². The quantitative estimate of drug-likeness (QED) is 0.800. The summed E-state index contributed by atoms with van der Waals surface area (Å²) in [7, 11) is 1.59. The average molecular weight is 196 g/mol. The zero-order valence-electron chi connectivity index (χ0n) is 8.83. The Morgan fingerprint density at radius 1 is 1.50 bits per heavy atom. The van der Waals surface area contributed by atoms with Crippen molar-refractivity contribution < 1.29 is 9.15 Å². The Balaban J connectivity index is 2.36. The third-order valence-corrected chi connectivity index (χ3v) is 2.57. The van der Waals surface area contributed by atoms with Gasteiger partial charge in [0.25, 0.3) is 0 Å².